The molecule has 5 heterocycles. The van der Waals surface area contributed by atoms with Crippen LogP contribution in [0.2, 0.25) is 0 Å². The molecule has 2 saturated heterocycles. The van der Waals surface area contributed by atoms with Gasteiger partial charge in [0.1, 0.15) is 36.1 Å². The van der Waals surface area contributed by atoms with Crippen molar-refractivity contribution < 1.29 is 43.2 Å². The number of imidazole rings is 2. The summed E-state index contributed by atoms with van der Waals surface area (Å²) in [6, 6.07) is 11.6. The molecule has 3 aromatic carbocycles. The van der Waals surface area contributed by atoms with Gasteiger partial charge in [-0.25, -0.2) is 19.6 Å². The van der Waals surface area contributed by atoms with Crippen LogP contribution in [-0.4, -0.2) is 117 Å². The lowest BCUT2D eigenvalue weighted by Gasteiger charge is -2.33. The van der Waals surface area contributed by atoms with Crippen LogP contribution < -0.4 is 15.4 Å². The Bertz CT molecular complexity index is 2500. The molecule has 17 nitrogen and oxygen atoms in total. The van der Waals surface area contributed by atoms with Gasteiger partial charge >= 0.3 is 12.2 Å². The Labute approximate surface area is 352 Å². The minimum Gasteiger partial charge on any atom is -0.488 e. The van der Waals surface area contributed by atoms with Crippen LogP contribution in [-0.2, 0) is 30.4 Å². The van der Waals surface area contributed by atoms with Crippen molar-refractivity contribution in [3.05, 3.63) is 65.9 Å². The van der Waals surface area contributed by atoms with Crippen molar-refractivity contribution in [1.29, 1.82) is 0 Å². The average molecular weight is 837 g/mol. The van der Waals surface area contributed by atoms with E-state index in [1.54, 1.807) is 29.8 Å². The summed E-state index contributed by atoms with van der Waals surface area (Å²) in [6.07, 6.45) is 0.641. The van der Waals surface area contributed by atoms with Crippen molar-refractivity contribution in [2.45, 2.75) is 96.0 Å². The lowest BCUT2D eigenvalue weighted by Crippen LogP contribution is -2.55. The Balaban J connectivity index is 1.05. The van der Waals surface area contributed by atoms with Crippen LogP contribution in [0.1, 0.15) is 76.3 Å². The number of hydrogen-bond acceptors (Lipinski definition) is 10. The third-order valence-corrected chi connectivity index (χ3v) is 12.6. The Morgan fingerprint density at radius 3 is 2.36 bits per heavy atom. The Hall–Kier alpha value is -6.20. The predicted molar refractivity (Wildman–Crippen MR) is 225 cm³/mol. The van der Waals surface area contributed by atoms with Crippen molar-refractivity contribution in [3.8, 4) is 28.1 Å². The quantitative estimate of drug-likeness (QED) is 0.103. The number of likely N-dealkylation sites (tertiary alicyclic amines) is 2. The van der Waals surface area contributed by atoms with Crippen molar-refractivity contribution in [2.24, 2.45) is 5.92 Å². The van der Waals surface area contributed by atoms with Crippen LogP contribution in [0.3, 0.4) is 0 Å². The maximum Gasteiger partial charge on any atom is 0.407 e. The maximum atomic E-state index is 14.0. The van der Waals surface area contributed by atoms with E-state index in [9.17, 15) is 24.3 Å². The second kappa shape index (κ2) is 16.7. The van der Waals surface area contributed by atoms with Crippen LogP contribution in [0, 0.1) is 5.92 Å². The van der Waals surface area contributed by atoms with Gasteiger partial charge in [-0.05, 0) is 92.3 Å². The number of carbonyl (C=O) groups is 4. The van der Waals surface area contributed by atoms with Gasteiger partial charge in [0.05, 0.1) is 54.3 Å². The minimum absolute atomic E-state index is 0.116. The highest BCUT2D eigenvalue weighted by atomic mass is 16.5. The van der Waals surface area contributed by atoms with Crippen LogP contribution in [0.25, 0.3) is 44.2 Å². The smallest absolute Gasteiger partial charge is 0.407 e. The molecule has 0 saturated carbocycles. The van der Waals surface area contributed by atoms with E-state index in [1.807, 2.05) is 25.1 Å². The lowest BCUT2D eigenvalue weighted by molar-refractivity contribution is -0.139. The molecule has 2 aromatic heterocycles. The first-order valence-electron chi connectivity index (χ1n) is 20.6. The SMILES string of the molecule is COC(=O)N[C@H](C(=O)N1C[C@@H](C)C[C@H]1c1nc2c(ccc3cc4c(cc32)OCc2cc(-c3cnc([C@@H]5CC[C@H](C)N5C(=O)[C@@H](NC(=O)O)[C@@H](C)OC)[nH]3)ccc2-4)[nH]1)[C@@H](C)OC. The molecule has 5 N–H and O–H groups in total. The molecule has 0 bridgehead atoms. The van der Waals surface area contributed by atoms with Crippen molar-refractivity contribution in [3.63, 3.8) is 0 Å². The molecule has 8 rings (SSSR count). The van der Waals surface area contributed by atoms with E-state index in [0.29, 0.717) is 37.6 Å². The fourth-order valence-corrected chi connectivity index (χ4v) is 9.15. The van der Waals surface area contributed by atoms with E-state index in [4.69, 9.17) is 28.9 Å². The summed E-state index contributed by atoms with van der Waals surface area (Å²) < 4.78 is 22.0. The summed E-state index contributed by atoms with van der Waals surface area (Å²) in [5.41, 5.74) is 6.33. The summed E-state index contributed by atoms with van der Waals surface area (Å²) in [5.74, 6) is 1.63. The second-order valence-electron chi connectivity index (χ2n) is 16.5. The first-order chi connectivity index (χ1) is 29.3. The Kier molecular flexibility index (Phi) is 11.4. The van der Waals surface area contributed by atoms with Crippen molar-refractivity contribution >= 4 is 45.8 Å². The molecule has 0 spiro atoms. The summed E-state index contributed by atoms with van der Waals surface area (Å²) in [7, 11) is 4.20. The molecule has 0 radical (unpaired) electrons. The Morgan fingerprint density at radius 1 is 0.885 bits per heavy atom. The normalized spacial score (nSPS) is 21.6. The number of aromatic amines is 2. The van der Waals surface area contributed by atoms with Gasteiger partial charge in [0.15, 0.2) is 0 Å². The van der Waals surface area contributed by atoms with Gasteiger partial charge < -0.3 is 54.5 Å². The number of carboxylic acid groups (broad SMARTS) is 1. The third-order valence-electron chi connectivity index (χ3n) is 12.6. The third kappa shape index (κ3) is 7.71. The molecule has 0 unspecified atom stereocenters. The fourth-order valence-electron chi connectivity index (χ4n) is 9.15. The van der Waals surface area contributed by atoms with Crippen LogP contribution in [0.5, 0.6) is 5.75 Å². The van der Waals surface area contributed by atoms with Gasteiger partial charge in [-0.1, -0.05) is 25.1 Å². The number of nitrogens with one attached hydrogen (secondary N) is 4. The predicted octanol–water partition coefficient (Wildman–Crippen LogP) is 6.06. The summed E-state index contributed by atoms with van der Waals surface area (Å²) in [5, 5.41) is 16.3. The molecule has 0 aliphatic carbocycles. The molecule has 3 aliphatic rings. The molecule has 3 aliphatic heterocycles. The Morgan fingerprint density at radius 2 is 1.64 bits per heavy atom. The fraction of sp³-hybridized carbons (Fsp3) is 0.455. The number of methoxy groups -OCH3 is 3. The number of aromatic nitrogens is 4. The van der Waals surface area contributed by atoms with Gasteiger partial charge in [0, 0.05) is 37.8 Å². The number of carbonyl (C=O) groups excluding carboxylic acids is 3. The van der Waals surface area contributed by atoms with E-state index in [-0.39, 0.29) is 35.9 Å². The number of benzene rings is 3. The van der Waals surface area contributed by atoms with Crippen molar-refractivity contribution in [2.75, 3.05) is 27.9 Å². The number of alkyl carbamates (subject to hydrolysis) is 1. The number of H-pyrrole nitrogens is 2. The highest BCUT2D eigenvalue weighted by molar-refractivity contribution is 6.07. The zero-order valence-corrected chi connectivity index (χ0v) is 35.3. The zero-order chi connectivity index (χ0) is 43.3. The number of fused-ring (bicyclic) bond motifs is 6. The molecule has 17 heteroatoms. The largest absolute Gasteiger partial charge is 0.488 e. The number of amides is 4. The monoisotopic (exact) mass is 836 g/mol. The van der Waals surface area contributed by atoms with Crippen molar-refractivity contribution in [1.82, 2.24) is 40.4 Å². The number of nitrogens with zero attached hydrogens (tertiary/aromatic N) is 4. The number of rotatable bonds is 11. The average Bonchev–Trinajstić information content (AvgIpc) is 4.08. The standard InChI is InChI=1S/C44H52N8O9/c1-21-14-34(51(19-21)41(53)36(23(3)58-5)50-44(57)60-7)40-46-31-12-10-25-16-30-28-11-9-26(15-27(28)20-61-35(30)17-29(25)38(31)48-40)32-18-45-39(47-32)33-13-8-22(2)52(33)42(54)37(24(4)59-6)49-43(55)56/h9-12,15-18,21-24,33-34,36-37,49H,8,13-14,19-20H2,1-7H3,(H,45,47)(H,46,48)(H,50,57)(H,55,56)/t21-,22-,23+,24+,33-,34-,36-,37-/m0/s1. The first-order valence-corrected chi connectivity index (χ1v) is 20.6. The van der Waals surface area contributed by atoms with Gasteiger partial charge in [-0.3, -0.25) is 9.59 Å². The lowest BCUT2D eigenvalue weighted by atomic mass is 9.92. The van der Waals surface area contributed by atoms with E-state index >= 15 is 0 Å². The van der Waals surface area contributed by atoms with Gasteiger partial charge in [-0.15, -0.1) is 0 Å². The van der Waals surface area contributed by atoms with Crippen LogP contribution in [0.4, 0.5) is 9.59 Å². The molecule has 2 fully saturated rings. The molecule has 5 aromatic rings. The summed E-state index contributed by atoms with van der Waals surface area (Å²) in [6.45, 7) is 8.30. The van der Waals surface area contributed by atoms with Gasteiger partial charge in [0.2, 0.25) is 11.8 Å². The molecular weight excluding hydrogens is 785 g/mol. The molecule has 61 heavy (non-hydrogen) atoms. The molecule has 322 valence electrons. The topological polar surface area (TPSA) is 213 Å². The van der Waals surface area contributed by atoms with Crippen LogP contribution in [0.15, 0.2) is 48.7 Å². The van der Waals surface area contributed by atoms with Gasteiger partial charge in [0.25, 0.3) is 0 Å². The first kappa shape index (κ1) is 41.5. The summed E-state index contributed by atoms with van der Waals surface area (Å²) in [4.78, 5) is 71.7. The number of hydrogen-bond donors (Lipinski definition) is 5. The maximum absolute atomic E-state index is 14.0. The van der Waals surface area contributed by atoms with E-state index in [1.165, 1.54) is 21.3 Å². The highest BCUT2D eigenvalue weighted by Crippen LogP contribution is 2.44. The summed E-state index contributed by atoms with van der Waals surface area (Å²) >= 11 is 0. The molecule has 8 atom stereocenters. The molecular formula is C44H52N8O9. The highest BCUT2D eigenvalue weighted by Gasteiger charge is 2.43. The number of ether oxygens (including phenoxy) is 4. The minimum atomic E-state index is -1.29. The van der Waals surface area contributed by atoms with E-state index in [0.717, 1.165) is 61.9 Å². The van der Waals surface area contributed by atoms with Crippen LogP contribution >= 0.6 is 0 Å². The second-order valence-corrected chi connectivity index (χ2v) is 16.5. The zero-order valence-electron chi connectivity index (χ0n) is 35.3. The molecule has 4 amide bonds. The van der Waals surface area contributed by atoms with E-state index < -0.39 is 36.5 Å². The van der Waals surface area contributed by atoms with Gasteiger partial charge in [-0.2, -0.15) is 0 Å². The van der Waals surface area contributed by atoms with E-state index in [2.05, 4.69) is 51.8 Å².